The summed E-state index contributed by atoms with van der Waals surface area (Å²) in [7, 11) is 0. The number of unbranched alkanes of at least 4 members (excludes halogenated alkanes) is 1. The number of Topliss-reactive ketones (excluding diaryl/α,β-unsaturated/α-hetero) is 1. The quantitative estimate of drug-likeness (QED) is 0.603. The Balaban J connectivity index is 1.74. The lowest BCUT2D eigenvalue weighted by molar-refractivity contribution is -0.127. The summed E-state index contributed by atoms with van der Waals surface area (Å²) >= 11 is 0. The molecule has 2 rings (SSSR count). The van der Waals surface area contributed by atoms with E-state index in [9.17, 15) is 4.79 Å². The van der Waals surface area contributed by atoms with Gasteiger partial charge in [-0.3, -0.25) is 4.79 Å². The summed E-state index contributed by atoms with van der Waals surface area (Å²) in [6.07, 6.45) is 15.5. The van der Waals surface area contributed by atoms with Crippen LogP contribution >= 0.6 is 0 Å². The van der Waals surface area contributed by atoms with Crippen molar-refractivity contribution in [2.75, 3.05) is 0 Å². The van der Waals surface area contributed by atoms with E-state index in [1.165, 1.54) is 64.2 Å². The highest BCUT2D eigenvalue weighted by molar-refractivity contribution is 5.81. The van der Waals surface area contributed by atoms with Crippen LogP contribution in [0.3, 0.4) is 0 Å². The van der Waals surface area contributed by atoms with Crippen molar-refractivity contribution in [1.29, 1.82) is 0 Å². The third kappa shape index (κ3) is 4.33. The first-order valence-corrected chi connectivity index (χ1v) is 9.27. The number of carbonyl (C=O) groups excluding carboxylic acids is 1. The van der Waals surface area contributed by atoms with Crippen molar-refractivity contribution in [3.63, 3.8) is 0 Å². The second-order valence-corrected chi connectivity index (χ2v) is 7.42. The van der Waals surface area contributed by atoms with E-state index in [4.69, 9.17) is 0 Å². The van der Waals surface area contributed by atoms with Crippen LogP contribution in [-0.2, 0) is 4.79 Å². The van der Waals surface area contributed by atoms with Gasteiger partial charge in [-0.1, -0.05) is 52.4 Å². The lowest BCUT2D eigenvalue weighted by Gasteiger charge is -2.37. The van der Waals surface area contributed by atoms with E-state index in [1.54, 1.807) is 0 Å². The van der Waals surface area contributed by atoms with Gasteiger partial charge in [0.2, 0.25) is 0 Å². The van der Waals surface area contributed by atoms with Crippen molar-refractivity contribution in [3.8, 4) is 0 Å². The van der Waals surface area contributed by atoms with Crippen LogP contribution in [0.15, 0.2) is 0 Å². The molecule has 2 unspecified atom stereocenters. The van der Waals surface area contributed by atoms with Crippen LogP contribution < -0.4 is 0 Å². The lowest BCUT2D eigenvalue weighted by atomic mass is 9.68. The first-order chi connectivity index (χ1) is 9.74. The van der Waals surface area contributed by atoms with Crippen LogP contribution in [0.4, 0.5) is 0 Å². The normalized spacial score (nSPS) is 35.2. The van der Waals surface area contributed by atoms with Crippen LogP contribution in [0.2, 0.25) is 0 Å². The smallest absolute Gasteiger partial charge is 0.136 e. The average Bonchev–Trinajstić information content (AvgIpc) is 2.47. The minimum Gasteiger partial charge on any atom is -0.299 e. The van der Waals surface area contributed by atoms with Gasteiger partial charge in [-0.2, -0.15) is 0 Å². The molecule has 0 N–H and O–H groups in total. The number of ketones is 1. The SMILES string of the molecule is CCCCC1CCC(C2CCC(CCC)CC2)CC1=O. The number of hydrogen-bond donors (Lipinski definition) is 0. The maximum absolute atomic E-state index is 12.3. The average molecular weight is 278 g/mol. The summed E-state index contributed by atoms with van der Waals surface area (Å²) in [5.74, 6) is 3.63. The minimum atomic E-state index is 0.419. The summed E-state index contributed by atoms with van der Waals surface area (Å²) < 4.78 is 0. The summed E-state index contributed by atoms with van der Waals surface area (Å²) in [6, 6.07) is 0. The molecule has 116 valence electrons. The zero-order valence-corrected chi connectivity index (χ0v) is 13.7. The van der Waals surface area contributed by atoms with Crippen LogP contribution in [0, 0.1) is 23.7 Å². The maximum Gasteiger partial charge on any atom is 0.136 e. The molecule has 0 aromatic heterocycles. The summed E-state index contributed by atoms with van der Waals surface area (Å²) in [5.41, 5.74) is 0. The molecule has 0 aromatic carbocycles. The molecule has 1 heteroatoms. The lowest BCUT2D eigenvalue weighted by Crippen LogP contribution is -2.31. The Morgan fingerprint density at radius 3 is 2.15 bits per heavy atom. The first kappa shape index (κ1) is 16.0. The second kappa shape index (κ2) is 8.20. The van der Waals surface area contributed by atoms with Gasteiger partial charge in [0.25, 0.3) is 0 Å². The Bertz CT molecular complexity index is 288. The van der Waals surface area contributed by atoms with Crippen LogP contribution in [0.5, 0.6) is 0 Å². The second-order valence-electron chi connectivity index (χ2n) is 7.42. The van der Waals surface area contributed by atoms with Crippen LogP contribution in [0.25, 0.3) is 0 Å². The Morgan fingerprint density at radius 1 is 0.850 bits per heavy atom. The molecule has 0 bridgehead atoms. The van der Waals surface area contributed by atoms with E-state index in [2.05, 4.69) is 13.8 Å². The summed E-state index contributed by atoms with van der Waals surface area (Å²) in [6.45, 7) is 4.53. The van der Waals surface area contributed by atoms with Gasteiger partial charge in [0.15, 0.2) is 0 Å². The van der Waals surface area contributed by atoms with Crippen molar-refractivity contribution in [2.45, 2.75) is 90.9 Å². The zero-order chi connectivity index (χ0) is 14.4. The molecule has 1 nitrogen and oxygen atoms in total. The van der Waals surface area contributed by atoms with Gasteiger partial charge < -0.3 is 0 Å². The molecule has 2 aliphatic rings. The maximum atomic E-state index is 12.3. The highest BCUT2D eigenvalue weighted by atomic mass is 16.1. The van der Waals surface area contributed by atoms with Crippen molar-refractivity contribution in [1.82, 2.24) is 0 Å². The van der Waals surface area contributed by atoms with Gasteiger partial charge in [-0.15, -0.1) is 0 Å². The van der Waals surface area contributed by atoms with Crippen LogP contribution in [-0.4, -0.2) is 5.78 Å². The van der Waals surface area contributed by atoms with E-state index in [0.717, 1.165) is 30.6 Å². The third-order valence-electron chi connectivity index (χ3n) is 5.97. The van der Waals surface area contributed by atoms with Gasteiger partial charge >= 0.3 is 0 Å². The van der Waals surface area contributed by atoms with Crippen molar-refractivity contribution in [2.24, 2.45) is 23.7 Å². The fourth-order valence-electron chi connectivity index (χ4n) is 4.62. The summed E-state index contributed by atoms with van der Waals surface area (Å²) in [4.78, 5) is 12.3. The highest BCUT2D eigenvalue weighted by Gasteiger charge is 2.34. The molecule has 0 spiro atoms. The molecular formula is C19H34O. The van der Waals surface area contributed by atoms with Gasteiger partial charge in [0.1, 0.15) is 5.78 Å². The van der Waals surface area contributed by atoms with Crippen molar-refractivity contribution >= 4 is 5.78 Å². The molecule has 2 atom stereocenters. The molecule has 2 fully saturated rings. The largest absolute Gasteiger partial charge is 0.299 e. The number of rotatable bonds is 6. The van der Waals surface area contributed by atoms with Crippen LogP contribution in [0.1, 0.15) is 90.9 Å². The molecule has 0 heterocycles. The zero-order valence-electron chi connectivity index (χ0n) is 13.7. The Kier molecular flexibility index (Phi) is 6.58. The number of hydrogen-bond acceptors (Lipinski definition) is 1. The number of carbonyl (C=O) groups is 1. The molecule has 2 saturated carbocycles. The molecule has 0 saturated heterocycles. The Labute approximate surface area is 125 Å². The highest BCUT2D eigenvalue weighted by Crippen LogP contribution is 2.41. The van der Waals surface area contributed by atoms with E-state index >= 15 is 0 Å². The molecular weight excluding hydrogens is 244 g/mol. The standard InChI is InChI=1S/C19H34O/c1-3-5-7-17-12-13-18(14-19(17)20)16-10-8-15(6-4-2)9-11-16/h15-18H,3-14H2,1-2H3. The molecule has 0 aromatic rings. The molecule has 2 aliphatic carbocycles. The van der Waals surface area contributed by atoms with E-state index < -0.39 is 0 Å². The van der Waals surface area contributed by atoms with E-state index in [-0.39, 0.29) is 0 Å². The van der Waals surface area contributed by atoms with Gasteiger partial charge in [0.05, 0.1) is 0 Å². The van der Waals surface area contributed by atoms with Gasteiger partial charge in [-0.05, 0) is 49.9 Å². The topological polar surface area (TPSA) is 17.1 Å². The first-order valence-electron chi connectivity index (χ1n) is 9.27. The molecule has 0 amide bonds. The van der Waals surface area contributed by atoms with Gasteiger partial charge in [0, 0.05) is 12.3 Å². The molecule has 0 aliphatic heterocycles. The van der Waals surface area contributed by atoms with Crippen molar-refractivity contribution < 1.29 is 4.79 Å². The van der Waals surface area contributed by atoms with E-state index in [1.807, 2.05) is 0 Å². The predicted molar refractivity (Wildman–Crippen MR) is 85.7 cm³/mol. The van der Waals surface area contributed by atoms with E-state index in [0.29, 0.717) is 11.7 Å². The van der Waals surface area contributed by atoms with Gasteiger partial charge in [-0.25, -0.2) is 0 Å². The minimum absolute atomic E-state index is 0.419. The molecule has 20 heavy (non-hydrogen) atoms. The fraction of sp³-hybridized carbons (Fsp3) is 0.947. The monoisotopic (exact) mass is 278 g/mol. The summed E-state index contributed by atoms with van der Waals surface area (Å²) in [5, 5.41) is 0. The predicted octanol–water partition coefficient (Wildman–Crippen LogP) is 5.77. The fourth-order valence-corrected chi connectivity index (χ4v) is 4.62. The van der Waals surface area contributed by atoms with Crippen molar-refractivity contribution in [3.05, 3.63) is 0 Å². The Morgan fingerprint density at radius 2 is 1.55 bits per heavy atom. The third-order valence-corrected chi connectivity index (χ3v) is 5.97. The Hall–Kier alpha value is -0.330. The molecule has 0 radical (unpaired) electrons.